The molecule has 0 aromatic carbocycles. The van der Waals surface area contributed by atoms with Crippen molar-refractivity contribution in [1.29, 1.82) is 0 Å². The first-order valence-electron chi connectivity index (χ1n) is 4.98. The highest BCUT2D eigenvalue weighted by atomic mass is 79.9. The normalized spacial score (nSPS) is 10.9. The topological polar surface area (TPSA) is 30.2 Å². The maximum Gasteiger partial charge on any atom is 0.198 e. The molecule has 2 rings (SSSR count). The van der Waals surface area contributed by atoms with Crippen LogP contribution >= 0.6 is 43.2 Å². The van der Waals surface area contributed by atoms with Crippen molar-refractivity contribution in [3.63, 3.8) is 0 Å². The summed E-state index contributed by atoms with van der Waals surface area (Å²) in [5.41, 5.74) is 2.27. The van der Waals surface area contributed by atoms with E-state index in [0.717, 1.165) is 18.9 Å². The van der Waals surface area contributed by atoms with Crippen molar-refractivity contribution < 1.29 is 9.21 Å². The molecule has 0 aliphatic heterocycles. The number of carbonyl (C=O) groups is 1. The standard InChI is InChI=1S/C12H10Br2O2S/c1-5-6(2)16-7(3)10(5)11(15)8-4-9(13)17-12(8)14/h4H,1-3H3. The van der Waals surface area contributed by atoms with Gasteiger partial charge in [0.05, 0.1) is 13.1 Å². The highest BCUT2D eigenvalue weighted by molar-refractivity contribution is 9.12. The molecule has 0 fully saturated rings. The van der Waals surface area contributed by atoms with Crippen molar-refractivity contribution in [2.75, 3.05) is 0 Å². The molecular weight excluding hydrogens is 368 g/mol. The minimum Gasteiger partial charge on any atom is -0.466 e. The van der Waals surface area contributed by atoms with Crippen LogP contribution in [0.15, 0.2) is 18.1 Å². The number of furan rings is 1. The van der Waals surface area contributed by atoms with E-state index in [2.05, 4.69) is 31.9 Å². The van der Waals surface area contributed by atoms with E-state index in [-0.39, 0.29) is 5.78 Å². The van der Waals surface area contributed by atoms with Crippen molar-refractivity contribution >= 4 is 49.0 Å². The minimum atomic E-state index is 0.00525. The van der Waals surface area contributed by atoms with Crippen LogP contribution in [0.2, 0.25) is 0 Å². The summed E-state index contributed by atoms with van der Waals surface area (Å²) in [5.74, 6) is 1.49. The Kier molecular flexibility index (Phi) is 3.61. The molecule has 0 unspecified atom stereocenters. The van der Waals surface area contributed by atoms with Crippen LogP contribution in [0.1, 0.15) is 33.0 Å². The average Bonchev–Trinajstić information content (AvgIpc) is 2.68. The van der Waals surface area contributed by atoms with Gasteiger partial charge < -0.3 is 4.42 Å². The molecule has 90 valence electrons. The lowest BCUT2D eigenvalue weighted by molar-refractivity contribution is 0.103. The Bertz CT molecular complexity index is 596. The van der Waals surface area contributed by atoms with Crippen LogP contribution in [0.25, 0.3) is 0 Å². The smallest absolute Gasteiger partial charge is 0.198 e. The Hall–Kier alpha value is -0.390. The van der Waals surface area contributed by atoms with Crippen LogP contribution in [0.3, 0.4) is 0 Å². The second-order valence-electron chi connectivity index (χ2n) is 3.78. The van der Waals surface area contributed by atoms with E-state index in [1.807, 2.05) is 26.8 Å². The molecule has 0 saturated heterocycles. The molecule has 2 heterocycles. The SMILES string of the molecule is Cc1oc(C)c(C(=O)c2cc(Br)sc2Br)c1C. The molecule has 0 saturated carbocycles. The highest BCUT2D eigenvalue weighted by Crippen LogP contribution is 2.34. The van der Waals surface area contributed by atoms with Crippen LogP contribution in [-0.2, 0) is 0 Å². The van der Waals surface area contributed by atoms with E-state index in [1.165, 1.54) is 11.3 Å². The summed E-state index contributed by atoms with van der Waals surface area (Å²) < 4.78 is 7.26. The number of hydrogen-bond donors (Lipinski definition) is 0. The fraction of sp³-hybridized carbons (Fsp3) is 0.250. The zero-order chi connectivity index (χ0) is 12.7. The third-order valence-corrected chi connectivity index (χ3v) is 5.03. The second-order valence-corrected chi connectivity index (χ2v) is 7.53. The van der Waals surface area contributed by atoms with Crippen molar-refractivity contribution in [1.82, 2.24) is 0 Å². The van der Waals surface area contributed by atoms with Gasteiger partial charge in [0.25, 0.3) is 0 Å². The van der Waals surface area contributed by atoms with Crippen LogP contribution in [-0.4, -0.2) is 5.78 Å². The summed E-state index contributed by atoms with van der Waals surface area (Å²) >= 11 is 8.28. The summed E-state index contributed by atoms with van der Waals surface area (Å²) in [6.07, 6.45) is 0. The van der Waals surface area contributed by atoms with E-state index >= 15 is 0 Å². The molecule has 0 amide bonds. The van der Waals surface area contributed by atoms with Gasteiger partial charge in [-0.3, -0.25) is 4.79 Å². The lowest BCUT2D eigenvalue weighted by Gasteiger charge is -1.99. The average molecular weight is 378 g/mol. The molecule has 0 atom stereocenters. The van der Waals surface area contributed by atoms with Gasteiger partial charge in [-0.05, 0) is 58.7 Å². The number of carbonyl (C=O) groups excluding carboxylic acids is 1. The Morgan fingerprint density at radius 1 is 1.24 bits per heavy atom. The first kappa shape index (κ1) is 13.1. The van der Waals surface area contributed by atoms with E-state index in [1.54, 1.807) is 0 Å². The lowest BCUT2D eigenvalue weighted by atomic mass is 10.0. The number of aryl methyl sites for hydroxylation is 2. The van der Waals surface area contributed by atoms with Crippen molar-refractivity contribution in [2.24, 2.45) is 0 Å². The zero-order valence-corrected chi connectivity index (χ0v) is 13.5. The monoisotopic (exact) mass is 376 g/mol. The molecule has 5 heteroatoms. The van der Waals surface area contributed by atoms with Gasteiger partial charge in [0, 0.05) is 11.1 Å². The second kappa shape index (κ2) is 4.71. The zero-order valence-electron chi connectivity index (χ0n) is 9.56. The Balaban J connectivity index is 2.55. The number of ketones is 1. The highest BCUT2D eigenvalue weighted by Gasteiger charge is 2.23. The predicted molar refractivity (Wildman–Crippen MR) is 76.1 cm³/mol. The molecular formula is C12H10Br2O2S. The maximum absolute atomic E-state index is 12.4. The maximum atomic E-state index is 12.4. The van der Waals surface area contributed by atoms with Gasteiger partial charge in [-0.25, -0.2) is 0 Å². The molecule has 0 N–H and O–H groups in total. The van der Waals surface area contributed by atoms with E-state index in [0.29, 0.717) is 16.9 Å². The van der Waals surface area contributed by atoms with Gasteiger partial charge in [0.15, 0.2) is 5.78 Å². The van der Waals surface area contributed by atoms with Crippen LogP contribution < -0.4 is 0 Å². The molecule has 2 aromatic rings. The summed E-state index contributed by atoms with van der Waals surface area (Å²) in [7, 11) is 0. The third-order valence-electron chi connectivity index (χ3n) is 2.69. The fourth-order valence-electron chi connectivity index (χ4n) is 1.76. The van der Waals surface area contributed by atoms with E-state index in [9.17, 15) is 4.79 Å². The summed E-state index contributed by atoms with van der Waals surface area (Å²) in [6.45, 7) is 5.61. The lowest BCUT2D eigenvalue weighted by Crippen LogP contribution is -2.02. The number of halogens is 2. The molecule has 0 aliphatic rings. The van der Waals surface area contributed by atoms with Crippen LogP contribution in [0, 0.1) is 20.8 Å². The van der Waals surface area contributed by atoms with Crippen LogP contribution in [0.4, 0.5) is 0 Å². The first-order valence-corrected chi connectivity index (χ1v) is 7.38. The number of rotatable bonds is 2. The molecule has 2 nitrogen and oxygen atoms in total. The van der Waals surface area contributed by atoms with Gasteiger partial charge in [-0.1, -0.05) is 0 Å². The Morgan fingerprint density at radius 2 is 1.88 bits per heavy atom. The summed E-state index contributed by atoms with van der Waals surface area (Å²) in [4.78, 5) is 12.4. The quantitative estimate of drug-likeness (QED) is 0.687. The Labute approximate surface area is 120 Å². The molecule has 0 aliphatic carbocycles. The molecule has 0 radical (unpaired) electrons. The van der Waals surface area contributed by atoms with Gasteiger partial charge >= 0.3 is 0 Å². The Morgan fingerprint density at radius 3 is 2.29 bits per heavy atom. The van der Waals surface area contributed by atoms with Gasteiger partial charge in [0.1, 0.15) is 11.5 Å². The minimum absolute atomic E-state index is 0.00525. The largest absolute Gasteiger partial charge is 0.466 e. The van der Waals surface area contributed by atoms with Gasteiger partial charge in [0.2, 0.25) is 0 Å². The summed E-state index contributed by atoms with van der Waals surface area (Å²) in [5, 5.41) is 0. The molecule has 2 aromatic heterocycles. The van der Waals surface area contributed by atoms with Crippen molar-refractivity contribution in [2.45, 2.75) is 20.8 Å². The first-order chi connectivity index (χ1) is 7.91. The summed E-state index contributed by atoms with van der Waals surface area (Å²) in [6, 6.07) is 1.83. The molecule has 0 spiro atoms. The van der Waals surface area contributed by atoms with Gasteiger partial charge in [-0.15, -0.1) is 11.3 Å². The fourth-order valence-corrected chi connectivity index (χ4v) is 4.55. The van der Waals surface area contributed by atoms with E-state index in [4.69, 9.17) is 4.42 Å². The molecule has 0 bridgehead atoms. The van der Waals surface area contributed by atoms with E-state index < -0.39 is 0 Å². The van der Waals surface area contributed by atoms with Gasteiger partial charge in [-0.2, -0.15) is 0 Å². The number of thiophene rings is 1. The van der Waals surface area contributed by atoms with Crippen molar-refractivity contribution in [3.05, 3.63) is 41.9 Å². The van der Waals surface area contributed by atoms with Crippen molar-refractivity contribution in [3.8, 4) is 0 Å². The predicted octanol–water partition coefficient (Wildman–Crippen LogP) is 5.02. The molecule has 17 heavy (non-hydrogen) atoms. The third kappa shape index (κ3) is 2.28. The number of hydrogen-bond acceptors (Lipinski definition) is 3. The van der Waals surface area contributed by atoms with Crippen LogP contribution in [0.5, 0.6) is 0 Å².